The van der Waals surface area contributed by atoms with Crippen LogP contribution >= 0.6 is 15.9 Å². The molecule has 1 fully saturated rings. The largest absolute Gasteiger partial charge is 0.397 e. The van der Waals surface area contributed by atoms with Crippen LogP contribution in [0.15, 0.2) is 27.2 Å². The van der Waals surface area contributed by atoms with Gasteiger partial charge in [0.15, 0.2) is 0 Å². The third-order valence-electron chi connectivity index (χ3n) is 3.48. The minimum atomic E-state index is 0.456. The van der Waals surface area contributed by atoms with Gasteiger partial charge in [-0.1, -0.05) is 6.07 Å². The third kappa shape index (κ3) is 2.51. The average molecular weight is 338 g/mol. The number of hydrogen-bond donors (Lipinski definition) is 1. The predicted molar refractivity (Wildman–Crippen MR) is 81.6 cm³/mol. The molecule has 2 N–H and O–H groups in total. The zero-order chi connectivity index (χ0) is 14.1. The Labute approximate surface area is 125 Å². The summed E-state index contributed by atoms with van der Waals surface area (Å²) in [6, 6.07) is 5.66. The minimum Gasteiger partial charge on any atom is -0.397 e. The molecule has 1 aromatic heterocycles. The van der Waals surface area contributed by atoms with Crippen molar-refractivity contribution >= 4 is 27.6 Å². The van der Waals surface area contributed by atoms with Crippen molar-refractivity contribution in [1.82, 2.24) is 15.0 Å². The molecule has 1 aliphatic heterocycles. The summed E-state index contributed by atoms with van der Waals surface area (Å²) in [5.74, 6) is 1.09. The lowest BCUT2D eigenvalue weighted by molar-refractivity contribution is 0.309. The van der Waals surface area contributed by atoms with Gasteiger partial charge in [-0.25, -0.2) is 0 Å². The SMILES string of the molecule is CN1CCN(c2noc(-c3cccc(Br)c3N)n2)CC1. The molecule has 20 heavy (non-hydrogen) atoms. The summed E-state index contributed by atoms with van der Waals surface area (Å²) < 4.78 is 6.18. The molecule has 1 aromatic carbocycles. The maximum atomic E-state index is 6.03. The number of para-hydroxylation sites is 1. The van der Waals surface area contributed by atoms with E-state index in [1.165, 1.54) is 0 Å². The fourth-order valence-corrected chi connectivity index (χ4v) is 2.55. The second-order valence-electron chi connectivity index (χ2n) is 4.89. The van der Waals surface area contributed by atoms with Crippen molar-refractivity contribution in [3.8, 4) is 11.5 Å². The summed E-state index contributed by atoms with van der Waals surface area (Å²) in [6.07, 6.45) is 0. The van der Waals surface area contributed by atoms with Gasteiger partial charge in [-0.15, -0.1) is 0 Å². The van der Waals surface area contributed by atoms with Crippen LogP contribution in [0.2, 0.25) is 0 Å². The number of hydrogen-bond acceptors (Lipinski definition) is 6. The quantitative estimate of drug-likeness (QED) is 0.843. The molecule has 0 aliphatic carbocycles. The fraction of sp³-hybridized carbons (Fsp3) is 0.385. The maximum Gasteiger partial charge on any atom is 0.266 e. The Balaban J connectivity index is 1.85. The van der Waals surface area contributed by atoms with Gasteiger partial charge >= 0.3 is 0 Å². The number of nitrogens with two attached hydrogens (primary N) is 1. The molecule has 0 amide bonds. The molecule has 0 radical (unpaired) electrons. The van der Waals surface area contributed by atoms with E-state index in [2.05, 4.69) is 42.9 Å². The van der Waals surface area contributed by atoms with Crippen LogP contribution in [0.3, 0.4) is 0 Å². The van der Waals surface area contributed by atoms with Gasteiger partial charge in [-0.2, -0.15) is 4.98 Å². The Bertz CT molecular complexity index is 607. The van der Waals surface area contributed by atoms with Crippen LogP contribution in [-0.2, 0) is 0 Å². The number of aromatic nitrogens is 2. The molecule has 0 bridgehead atoms. The number of benzene rings is 1. The van der Waals surface area contributed by atoms with Gasteiger partial charge in [0.05, 0.1) is 11.3 Å². The van der Waals surface area contributed by atoms with E-state index in [4.69, 9.17) is 10.3 Å². The summed E-state index contributed by atoms with van der Waals surface area (Å²) in [4.78, 5) is 8.87. The smallest absolute Gasteiger partial charge is 0.266 e. The highest BCUT2D eigenvalue weighted by atomic mass is 79.9. The van der Waals surface area contributed by atoms with Gasteiger partial charge in [0.25, 0.3) is 11.8 Å². The van der Waals surface area contributed by atoms with Crippen LogP contribution in [0.5, 0.6) is 0 Å². The number of likely N-dealkylation sites (N-methyl/N-ethyl adjacent to an activating group) is 1. The van der Waals surface area contributed by atoms with E-state index in [1.54, 1.807) is 0 Å². The molecular weight excluding hydrogens is 322 g/mol. The number of anilines is 2. The van der Waals surface area contributed by atoms with E-state index in [-0.39, 0.29) is 0 Å². The number of halogens is 1. The highest BCUT2D eigenvalue weighted by Crippen LogP contribution is 2.31. The Morgan fingerprint density at radius 1 is 1.25 bits per heavy atom. The second-order valence-corrected chi connectivity index (χ2v) is 5.75. The lowest BCUT2D eigenvalue weighted by atomic mass is 10.2. The van der Waals surface area contributed by atoms with E-state index in [1.807, 2.05) is 18.2 Å². The van der Waals surface area contributed by atoms with Crippen molar-refractivity contribution in [2.24, 2.45) is 0 Å². The van der Waals surface area contributed by atoms with Crippen molar-refractivity contribution in [2.45, 2.75) is 0 Å². The first-order valence-electron chi connectivity index (χ1n) is 6.46. The molecule has 7 heteroatoms. The standard InChI is InChI=1S/C13H16BrN5O/c1-18-5-7-19(8-6-18)13-16-12(20-17-13)9-3-2-4-10(14)11(9)15/h2-4H,5-8,15H2,1H3. The molecule has 106 valence electrons. The molecule has 1 saturated heterocycles. The van der Waals surface area contributed by atoms with Gasteiger partial charge < -0.3 is 20.1 Å². The fourth-order valence-electron chi connectivity index (χ4n) is 2.18. The molecule has 3 rings (SSSR count). The molecule has 2 heterocycles. The molecule has 6 nitrogen and oxygen atoms in total. The number of nitrogen functional groups attached to an aromatic ring is 1. The molecule has 0 saturated carbocycles. The van der Waals surface area contributed by atoms with Gasteiger partial charge in [0.2, 0.25) is 0 Å². The van der Waals surface area contributed by atoms with Gasteiger partial charge in [-0.05, 0) is 40.3 Å². The van der Waals surface area contributed by atoms with Crippen LogP contribution < -0.4 is 10.6 Å². The number of nitrogens with zero attached hydrogens (tertiary/aromatic N) is 4. The predicted octanol–water partition coefficient (Wildman–Crippen LogP) is 1.83. The normalized spacial score (nSPS) is 16.6. The van der Waals surface area contributed by atoms with Gasteiger partial charge in [-0.3, -0.25) is 0 Å². The lowest BCUT2D eigenvalue weighted by Gasteiger charge is -2.31. The summed E-state index contributed by atoms with van der Waals surface area (Å²) >= 11 is 3.40. The van der Waals surface area contributed by atoms with Crippen molar-refractivity contribution in [3.63, 3.8) is 0 Å². The van der Waals surface area contributed by atoms with Crippen molar-refractivity contribution in [3.05, 3.63) is 22.7 Å². The second kappa shape index (κ2) is 5.41. The van der Waals surface area contributed by atoms with E-state index in [9.17, 15) is 0 Å². The Morgan fingerprint density at radius 2 is 2.00 bits per heavy atom. The van der Waals surface area contributed by atoms with Crippen LogP contribution in [0.25, 0.3) is 11.5 Å². The zero-order valence-electron chi connectivity index (χ0n) is 11.2. The minimum absolute atomic E-state index is 0.456. The first kappa shape index (κ1) is 13.4. The highest BCUT2D eigenvalue weighted by Gasteiger charge is 2.20. The first-order chi connectivity index (χ1) is 9.65. The third-order valence-corrected chi connectivity index (χ3v) is 4.18. The average Bonchev–Trinajstić information content (AvgIpc) is 2.92. The Kier molecular flexibility index (Phi) is 3.62. The molecule has 0 unspecified atom stereocenters. The van der Waals surface area contributed by atoms with Crippen LogP contribution in [0.4, 0.5) is 11.6 Å². The Morgan fingerprint density at radius 3 is 2.75 bits per heavy atom. The van der Waals surface area contributed by atoms with E-state index in [0.717, 1.165) is 36.2 Å². The summed E-state index contributed by atoms with van der Waals surface area (Å²) in [5.41, 5.74) is 7.39. The van der Waals surface area contributed by atoms with E-state index >= 15 is 0 Å². The highest BCUT2D eigenvalue weighted by molar-refractivity contribution is 9.10. The summed E-state index contributed by atoms with van der Waals surface area (Å²) in [6.45, 7) is 3.82. The van der Waals surface area contributed by atoms with Gasteiger partial charge in [0.1, 0.15) is 0 Å². The topological polar surface area (TPSA) is 71.4 Å². The number of rotatable bonds is 2. The number of piperazine rings is 1. The van der Waals surface area contributed by atoms with Gasteiger partial charge in [0, 0.05) is 30.7 Å². The zero-order valence-corrected chi connectivity index (χ0v) is 12.8. The molecule has 1 aliphatic rings. The lowest BCUT2D eigenvalue weighted by Crippen LogP contribution is -2.44. The van der Waals surface area contributed by atoms with Crippen LogP contribution in [0.1, 0.15) is 0 Å². The molecular formula is C13H16BrN5O. The summed E-state index contributed by atoms with van der Waals surface area (Å²) in [7, 11) is 2.11. The maximum absolute atomic E-state index is 6.03. The van der Waals surface area contributed by atoms with E-state index in [0.29, 0.717) is 17.5 Å². The van der Waals surface area contributed by atoms with Crippen molar-refractivity contribution in [1.29, 1.82) is 0 Å². The Hall–Kier alpha value is -1.60. The molecule has 2 aromatic rings. The summed E-state index contributed by atoms with van der Waals surface area (Å²) in [5, 5.41) is 4.06. The molecule has 0 atom stereocenters. The van der Waals surface area contributed by atoms with Crippen molar-refractivity contribution < 1.29 is 4.52 Å². The first-order valence-corrected chi connectivity index (χ1v) is 7.26. The van der Waals surface area contributed by atoms with Crippen molar-refractivity contribution in [2.75, 3.05) is 43.9 Å². The van der Waals surface area contributed by atoms with E-state index < -0.39 is 0 Å². The van der Waals surface area contributed by atoms with Crippen LogP contribution in [-0.4, -0.2) is 48.3 Å². The van der Waals surface area contributed by atoms with Crippen LogP contribution in [0, 0.1) is 0 Å². The monoisotopic (exact) mass is 337 g/mol. The molecule has 0 spiro atoms.